The van der Waals surface area contributed by atoms with Gasteiger partial charge in [-0.1, -0.05) is 18.2 Å². The summed E-state index contributed by atoms with van der Waals surface area (Å²) in [5, 5.41) is 19.0. The minimum absolute atomic E-state index is 0.0771. The average Bonchev–Trinajstić information content (AvgIpc) is 3.43. The van der Waals surface area contributed by atoms with Crippen molar-refractivity contribution >= 4 is 5.97 Å². The summed E-state index contributed by atoms with van der Waals surface area (Å²) < 4.78 is 52.6. The van der Waals surface area contributed by atoms with E-state index < -0.39 is 23.3 Å². The van der Waals surface area contributed by atoms with E-state index in [9.17, 15) is 28.2 Å². The highest BCUT2D eigenvalue weighted by Crippen LogP contribution is 2.56. The van der Waals surface area contributed by atoms with E-state index in [4.69, 9.17) is 9.47 Å². The number of hydrogen-bond donors (Lipinski definition) is 2. The van der Waals surface area contributed by atoms with Crippen LogP contribution in [0.3, 0.4) is 0 Å². The Labute approximate surface area is 210 Å². The van der Waals surface area contributed by atoms with Gasteiger partial charge < -0.3 is 19.7 Å². The van der Waals surface area contributed by atoms with Crippen LogP contribution in [0.4, 0.5) is 13.2 Å². The van der Waals surface area contributed by atoms with Gasteiger partial charge in [0.25, 0.3) is 0 Å². The fourth-order valence-corrected chi connectivity index (χ4v) is 4.47. The molecule has 0 saturated heterocycles. The van der Waals surface area contributed by atoms with Crippen molar-refractivity contribution in [3.8, 4) is 22.9 Å². The number of aliphatic carboxylic acids is 1. The molecular formula is C27H23F3N2O5. The number of nitrogens with zero attached hydrogens (tertiary/aromatic N) is 2. The van der Waals surface area contributed by atoms with Gasteiger partial charge in [-0.3, -0.25) is 0 Å². The molecule has 7 nitrogen and oxygen atoms in total. The SMILES string of the molecule is CC(C)(O)COc1cc(C(F)(F)F)c(-c2cccc(COc3cc4c(cn3)C3C(=C3C(=O)O)C4)c2)cn1. The van der Waals surface area contributed by atoms with Gasteiger partial charge in [0.1, 0.15) is 13.2 Å². The van der Waals surface area contributed by atoms with Gasteiger partial charge in [-0.2, -0.15) is 13.2 Å². The lowest BCUT2D eigenvalue weighted by atomic mass is 10.00. The molecular weight excluding hydrogens is 489 g/mol. The molecule has 2 aliphatic carbocycles. The number of benzene rings is 1. The Morgan fingerprint density at radius 1 is 1.08 bits per heavy atom. The van der Waals surface area contributed by atoms with Gasteiger partial charge in [0.05, 0.1) is 11.2 Å². The summed E-state index contributed by atoms with van der Waals surface area (Å²) in [4.78, 5) is 19.5. The molecule has 2 aromatic heterocycles. The minimum atomic E-state index is -4.65. The molecule has 0 bridgehead atoms. The Kier molecular flexibility index (Phi) is 5.94. The molecule has 5 rings (SSSR count). The number of alkyl halides is 3. The molecule has 2 N–H and O–H groups in total. The number of ether oxygens (including phenoxy) is 2. The molecule has 0 amide bonds. The molecule has 1 atom stereocenters. The molecule has 2 heterocycles. The number of allylic oxidation sites excluding steroid dienone is 1. The second-order valence-electron chi connectivity index (χ2n) is 9.73. The zero-order valence-corrected chi connectivity index (χ0v) is 20.0. The van der Waals surface area contributed by atoms with E-state index in [0.29, 0.717) is 29.0 Å². The summed E-state index contributed by atoms with van der Waals surface area (Å²) >= 11 is 0. The molecule has 1 aromatic carbocycles. The predicted octanol–water partition coefficient (Wildman–Crippen LogP) is 4.93. The standard InChI is InChI=1S/C27H23F3N2O5/c1-26(2,35)13-37-22-9-20(27(28,29)30)18(10-31-22)15-5-3-4-14(6-15)12-36-21-8-16-7-17-23(19(16)11-32-21)24(17)25(33)34/h3-6,8-11,23,35H,7,12-13H2,1-2H3,(H,33,34). The number of aromatic nitrogens is 2. The van der Waals surface area contributed by atoms with Gasteiger partial charge in [-0.25, -0.2) is 14.8 Å². The fraction of sp³-hybridized carbons (Fsp3) is 0.296. The summed E-state index contributed by atoms with van der Waals surface area (Å²) in [5.74, 6) is -0.918. The summed E-state index contributed by atoms with van der Waals surface area (Å²) in [6.07, 6.45) is -1.37. The number of carboxylic acid groups (broad SMARTS) is 1. The molecule has 1 unspecified atom stereocenters. The van der Waals surface area contributed by atoms with Crippen LogP contribution in [-0.4, -0.2) is 38.4 Å². The first-order valence-corrected chi connectivity index (χ1v) is 11.5. The first-order valence-electron chi connectivity index (χ1n) is 11.5. The number of hydrogen-bond acceptors (Lipinski definition) is 6. The minimum Gasteiger partial charge on any atom is -0.478 e. The molecule has 10 heteroatoms. The lowest BCUT2D eigenvalue weighted by molar-refractivity contribution is -0.137. The van der Waals surface area contributed by atoms with Gasteiger partial charge in [0.15, 0.2) is 0 Å². The second-order valence-corrected chi connectivity index (χ2v) is 9.73. The van der Waals surface area contributed by atoms with Crippen LogP contribution in [0.1, 0.15) is 42.0 Å². The van der Waals surface area contributed by atoms with E-state index in [1.54, 1.807) is 36.5 Å². The van der Waals surface area contributed by atoms with Gasteiger partial charge in [-0.05, 0) is 54.2 Å². The molecule has 192 valence electrons. The number of aliphatic hydroxyl groups is 1. The topological polar surface area (TPSA) is 102 Å². The van der Waals surface area contributed by atoms with Crippen molar-refractivity contribution in [1.82, 2.24) is 9.97 Å². The van der Waals surface area contributed by atoms with Crippen molar-refractivity contribution in [1.29, 1.82) is 0 Å². The van der Waals surface area contributed by atoms with Crippen LogP contribution in [0.15, 0.2) is 59.9 Å². The molecule has 0 radical (unpaired) electrons. The third-order valence-electron chi connectivity index (χ3n) is 6.20. The van der Waals surface area contributed by atoms with Crippen molar-refractivity contribution in [2.75, 3.05) is 6.61 Å². The molecule has 2 aliphatic rings. The van der Waals surface area contributed by atoms with E-state index in [1.807, 2.05) is 0 Å². The highest BCUT2D eigenvalue weighted by molar-refractivity contribution is 5.98. The van der Waals surface area contributed by atoms with Gasteiger partial charge >= 0.3 is 12.1 Å². The normalized spacial score (nSPS) is 16.3. The summed E-state index contributed by atoms with van der Waals surface area (Å²) in [6.45, 7) is 2.83. The lowest BCUT2D eigenvalue weighted by Crippen LogP contribution is -2.28. The van der Waals surface area contributed by atoms with Gasteiger partial charge in [0.2, 0.25) is 11.8 Å². The number of rotatable bonds is 8. The Bertz CT molecular complexity index is 1430. The molecule has 0 aliphatic heterocycles. The Hall–Kier alpha value is -3.92. The number of fused-ring (bicyclic) bond motifs is 3. The molecule has 0 spiro atoms. The zero-order valence-electron chi connectivity index (χ0n) is 20.0. The van der Waals surface area contributed by atoms with E-state index in [-0.39, 0.29) is 30.6 Å². The zero-order chi connectivity index (χ0) is 26.5. The predicted molar refractivity (Wildman–Crippen MR) is 126 cm³/mol. The first-order chi connectivity index (χ1) is 17.4. The van der Waals surface area contributed by atoms with Gasteiger partial charge in [0, 0.05) is 41.6 Å². The largest absolute Gasteiger partial charge is 0.478 e. The van der Waals surface area contributed by atoms with Crippen molar-refractivity contribution in [3.05, 3.63) is 82.2 Å². The van der Waals surface area contributed by atoms with E-state index in [2.05, 4.69) is 9.97 Å². The van der Waals surface area contributed by atoms with E-state index >= 15 is 0 Å². The second kappa shape index (κ2) is 8.88. The Morgan fingerprint density at radius 2 is 1.81 bits per heavy atom. The summed E-state index contributed by atoms with van der Waals surface area (Å²) in [5.41, 5.74) is 1.91. The van der Waals surface area contributed by atoms with Crippen LogP contribution >= 0.6 is 0 Å². The van der Waals surface area contributed by atoms with Crippen LogP contribution in [0.5, 0.6) is 11.8 Å². The molecule has 0 saturated carbocycles. The van der Waals surface area contributed by atoms with Crippen molar-refractivity contribution in [2.24, 2.45) is 0 Å². The lowest BCUT2D eigenvalue weighted by Gasteiger charge is -2.19. The average molecular weight is 512 g/mol. The smallest absolute Gasteiger partial charge is 0.417 e. The molecule has 3 aromatic rings. The molecule has 0 fully saturated rings. The number of carboxylic acids is 1. The number of pyridine rings is 2. The monoisotopic (exact) mass is 512 g/mol. The van der Waals surface area contributed by atoms with Crippen molar-refractivity contribution in [3.63, 3.8) is 0 Å². The first kappa shape index (κ1) is 24.8. The third kappa shape index (κ3) is 5.15. The Morgan fingerprint density at radius 3 is 2.51 bits per heavy atom. The van der Waals surface area contributed by atoms with Crippen LogP contribution < -0.4 is 9.47 Å². The number of carbonyl (C=O) groups is 1. The summed E-state index contributed by atoms with van der Waals surface area (Å²) in [7, 11) is 0. The van der Waals surface area contributed by atoms with E-state index in [1.165, 1.54) is 13.8 Å². The maximum Gasteiger partial charge on any atom is 0.417 e. The highest BCUT2D eigenvalue weighted by atomic mass is 19.4. The van der Waals surface area contributed by atoms with Crippen LogP contribution in [-0.2, 0) is 24.0 Å². The summed E-state index contributed by atoms with van der Waals surface area (Å²) in [6, 6.07) is 9.12. The van der Waals surface area contributed by atoms with Crippen LogP contribution in [0.25, 0.3) is 11.1 Å². The maximum atomic E-state index is 13.9. The maximum absolute atomic E-state index is 13.9. The Balaban J connectivity index is 1.32. The van der Waals surface area contributed by atoms with Crippen LogP contribution in [0, 0.1) is 0 Å². The third-order valence-corrected chi connectivity index (χ3v) is 6.20. The quantitative estimate of drug-likeness (QED) is 0.442. The molecule has 37 heavy (non-hydrogen) atoms. The van der Waals surface area contributed by atoms with Gasteiger partial charge in [-0.15, -0.1) is 0 Å². The van der Waals surface area contributed by atoms with Crippen molar-refractivity contribution in [2.45, 2.75) is 44.6 Å². The van der Waals surface area contributed by atoms with Crippen molar-refractivity contribution < 1.29 is 37.7 Å². The van der Waals surface area contributed by atoms with Crippen LogP contribution in [0.2, 0.25) is 0 Å². The van der Waals surface area contributed by atoms with E-state index in [0.717, 1.165) is 29.0 Å². The fourth-order valence-electron chi connectivity index (χ4n) is 4.47. The number of halogens is 3. The highest BCUT2D eigenvalue weighted by Gasteiger charge is 2.48.